The number of carbonyl (C=O) groups excluding carboxylic acids is 1. The third kappa shape index (κ3) is 5.87. The number of halogens is 6. The van der Waals surface area contributed by atoms with Crippen LogP contribution in [0, 0.1) is 0 Å². The summed E-state index contributed by atoms with van der Waals surface area (Å²) in [6, 6.07) is 2.70. The Morgan fingerprint density at radius 1 is 0.939 bits per heavy atom. The number of rotatable bonds is 5. The Morgan fingerprint density at radius 3 is 2.12 bits per heavy atom. The fourth-order valence-corrected chi connectivity index (χ4v) is 2.85. The Kier molecular flexibility index (Phi) is 6.70. The van der Waals surface area contributed by atoms with Gasteiger partial charge in [-0.15, -0.1) is 0 Å². The van der Waals surface area contributed by atoms with Gasteiger partial charge in [0.15, 0.2) is 0 Å². The average Bonchev–Trinajstić information content (AvgIpc) is 2.77. The first-order valence-corrected chi connectivity index (χ1v) is 9.12. The molecule has 2 N–H and O–H groups in total. The quantitative estimate of drug-likeness (QED) is 0.521. The molecule has 1 atom stereocenters. The van der Waals surface area contributed by atoms with Crippen molar-refractivity contribution in [2.24, 2.45) is 0 Å². The van der Waals surface area contributed by atoms with Gasteiger partial charge >= 0.3 is 24.4 Å². The molecule has 2 heterocycles. The molecule has 0 bridgehead atoms. The first-order chi connectivity index (χ1) is 15.5. The minimum absolute atomic E-state index is 0.0203. The molecule has 1 aromatic carbocycles. The van der Waals surface area contributed by atoms with Gasteiger partial charge in [0, 0.05) is 6.20 Å². The van der Waals surface area contributed by atoms with Crippen molar-refractivity contribution in [1.82, 2.24) is 20.3 Å². The summed E-state index contributed by atoms with van der Waals surface area (Å²) in [6.07, 6.45) is -6.00. The van der Waals surface area contributed by atoms with Crippen molar-refractivity contribution in [3.63, 3.8) is 0 Å². The fraction of sp³-hybridized carbons (Fsp3) is 0.200. The molecule has 2 aromatic heterocycles. The van der Waals surface area contributed by atoms with Crippen LogP contribution in [0.1, 0.15) is 28.4 Å². The molecule has 3 rings (SSSR count). The highest BCUT2D eigenvalue weighted by atomic mass is 19.4. The molecule has 7 nitrogen and oxygen atoms in total. The Hall–Kier alpha value is -3.90. The molecule has 174 valence electrons. The predicted octanol–water partition coefficient (Wildman–Crippen LogP) is 4.83. The van der Waals surface area contributed by atoms with E-state index in [1.807, 2.05) is 0 Å². The Bertz CT molecular complexity index is 1100. The number of amides is 2. The van der Waals surface area contributed by atoms with E-state index in [1.54, 1.807) is 0 Å². The molecule has 33 heavy (non-hydrogen) atoms. The van der Waals surface area contributed by atoms with Gasteiger partial charge in [-0.2, -0.15) is 26.3 Å². The van der Waals surface area contributed by atoms with Gasteiger partial charge in [0.1, 0.15) is 0 Å². The number of nitrogens with one attached hydrogen (secondary N) is 2. The predicted molar refractivity (Wildman–Crippen MR) is 103 cm³/mol. The number of anilines is 1. The highest BCUT2D eigenvalue weighted by Gasteiger charge is 2.37. The number of hydrogen-bond acceptors (Lipinski definition) is 5. The monoisotopic (exact) mass is 471 g/mol. The molecular weight excluding hydrogens is 456 g/mol. The molecule has 0 fully saturated rings. The van der Waals surface area contributed by atoms with Crippen molar-refractivity contribution in [3.05, 3.63) is 77.4 Å². The fourth-order valence-electron chi connectivity index (χ4n) is 2.85. The van der Waals surface area contributed by atoms with Crippen LogP contribution in [-0.2, 0) is 12.4 Å². The van der Waals surface area contributed by atoms with Crippen molar-refractivity contribution in [2.45, 2.75) is 18.4 Å². The van der Waals surface area contributed by atoms with E-state index in [1.165, 1.54) is 19.5 Å². The summed E-state index contributed by atoms with van der Waals surface area (Å²) >= 11 is 0. The lowest BCUT2D eigenvalue weighted by Gasteiger charge is -2.23. The van der Waals surface area contributed by atoms with Crippen LogP contribution in [0.3, 0.4) is 0 Å². The molecule has 2 amide bonds. The zero-order valence-corrected chi connectivity index (χ0v) is 16.7. The molecule has 0 aliphatic rings. The largest absolute Gasteiger partial charge is 0.467 e. The lowest BCUT2D eigenvalue weighted by atomic mass is 9.98. The second-order valence-corrected chi connectivity index (χ2v) is 6.54. The van der Waals surface area contributed by atoms with Crippen molar-refractivity contribution >= 4 is 11.7 Å². The van der Waals surface area contributed by atoms with Gasteiger partial charge in [-0.3, -0.25) is 4.98 Å². The number of alkyl halides is 6. The highest BCUT2D eigenvalue weighted by molar-refractivity contribution is 5.89. The summed E-state index contributed by atoms with van der Waals surface area (Å²) in [5.74, 6) is 0. The molecule has 13 heteroatoms. The molecule has 0 aliphatic heterocycles. The average molecular weight is 471 g/mol. The number of benzene rings is 1. The first kappa shape index (κ1) is 23.8. The van der Waals surface area contributed by atoms with Gasteiger partial charge in [-0.05, 0) is 29.8 Å². The normalized spacial score (nSPS) is 12.7. The second-order valence-electron chi connectivity index (χ2n) is 6.54. The van der Waals surface area contributed by atoms with Gasteiger partial charge in [0.05, 0.1) is 48.1 Å². The van der Waals surface area contributed by atoms with E-state index in [0.717, 1.165) is 30.5 Å². The van der Waals surface area contributed by atoms with E-state index in [2.05, 4.69) is 25.6 Å². The van der Waals surface area contributed by atoms with Gasteiger partial charge < -0.3 is 15.4 Å². The first-order valence-electron chi connectivity index (χ1n) is 9.12. The number of carbonyl (C=O) groups is 1. The van der Waals surface area contributed by atoms with Gasteiger partial charge in [0.2, 0.25) is 0 Å². The van der Waals surface area contributed by atoms with Crippen LogP contribution < -0.4 is 15.4 Å². The van der Waals surface area contributed by atoms with Crippen LogP contribution in [0.25, 0.3) is 0 Å². The van der Waals surface area contributed by atoms with Crippen LogP contribution in [-0.4, -0.2) is 28.1 Å². The summed E-state index contributed by atoms with van der Waals surface area (Å²) in [5, 5.41) is 4.65. The summed E-state index contributed by atoms with van der Waals surface area (Å²) in [5.41, 5.74) is -2.69. The Morgan fingerprint density at radius 2 is 1.58 bits per heavy atom. The van der Waals surface area contributed by atoms with Crippen LogP contribution in [0.15, 0.2) is 55.0 Å². The van der Waals surface area contributed by atoms with Crippen LogP contribution in [0.5, 0.6) is 6.01 Å². The number of ether oxygens (including phenoxy) is 1. The topological polar surface area (TPSA) is 89.0 Å². The number of hydrogen-bond donors (Lipinski definition) is 2. The lowest BCUT2D eigenvalue weighted by Crippen LogP contribution is -2.35. The van der Waals surface area contributed by atoms with Gasteiger partial charge in [-0.1, -0.05) is 12.1 Å². The van der Waals surface area contributed by atoms with E-state index < -0.39 is 41.2 Å². The number of methoxy groups -OCH3 is 1. The van der Waals surface area contributed by atoms with Crippen molar-refractivity contribution < 1.29 is 35.9 Å². The molecule has 3 aromatic rings. The summed E-state index contributed by atoms with van der Waals surface area (Å²) in [4.78, 5) is 23.8. The van der Waals surface area contributed by atoms with E-state index in [0.29, 0.717) is 12.1 Å². The number of nitrogens with zero attached hydrogens (tertiary/aromatic N) is 3. The van der Waals surface area contributed by atoms with Gasteiger partial charge in [0.25, 0.3) is 0 Å². The maximum atomic E-state index is 13.6. The number of aromatic nitrogens is 3. The lowest BCUT2D eigenvalue weighted by molar-refractivity contribution is -0.139. The Balaban J connectivity index is 1.96. The van der Waals surface area contributed by atoms with Crippen LogP contribution in [0.2, 0.25) is 0 Å². The minimum atomic E-state index is -4.82. The van der Waals surface area contributed by atoms with Gasteiger partial charge in [-0.25, -0.2) is 14.8 Å². The van der Waals surface area contributed by atoms with Crippen LogP contribution in [0.4, 0.5) is 36.8 Å². The van der Waals surface area contributed by atoms with E-state index in [4.69, 9.17) is 4.74 Å². The smallest absolute Gasteiger partial charge is 0.418 e. The van der Waals surface area contributed by atoms with E-state index >= 15 is 0 Å². The van der Waals surface area contributed by atoms with E-state index in [-0.39, 0.29) is 17.3 Å². The standard InChI is InChI=1S/C20H15F6N5O2/c1-33-18-28-9-13(10-29-18)30-17(32)31-15(11-4-6-12(7-5-11)19(21,22)23)16-14(20(24,25)26)3-2-8-27-16/h2-10,15H,1H3,(H2,30,31,32)/t15-/m0/s1. The summed E-state index contributed by atoms with van der Waals surface area (Å²) < 4.78 is 84.2. The second kappa shape index (κ2) is 9.30. The third-order valence-corrected chi connectivity index (χ3v) is 4.33. The van der Waals surface area contributed by atoms with Crippen molar-refractivity contribution in [3.8, 4) is 6.01 Å². The molecule has 0 unspecified atom stereocenters. The highest BCUT2D eigenvalue weighted by Crippen LogP contribution is 2.36. The molecule has 0 radical (unpaired) electrons. The van der Waals surface area contributed by atoms with Crippen molar-refractivity contribution in [2.75, 3.05) is 12.4 Å². The maximum absolute atomic E-state index is 13.6. The van der Waals surface area contributed by atoms with Crippen molar-refractivity contribution in [1.29, 1.82) is 0 Å². The minimum Gasteiger partial charge on any atom is -0.467 e. The maximum Gasteiger partial charge on any atom is 0.418 e. The summed E-state index contributed by atoms with van der Waals surface area (Å²) in [7, 11) is 1.33. The van der Waals surface area contributed by atoms with Crippen LogP contribution >= 0.6 is 0 Å². The molecule has 0 spiro atoms. The number of urea groups is 1. The molecule has 0 saturated heterocycles. The third-order valence-electron chi connectivity index (χ3n) is 4.33. The zero-order chi connectivity index (χ0) is 24.2. The zero-order valence-electron chi connectivity index (χ0n) is 16.7. The van der Waals surface area contributed by atoms with E-state index in [9.17, 15) is 31.1 Å². The Labute approximate surface area is 182 Å². The molecule has 0 saturated carbocycles. The summed E-state index contributed by atoms with van der Waals surface area (Å²) in [6.45, 7) is 0. The molecule has 0 aliphatic carbocycles. The molecular formula is C20H15F6N5O2. The number of pyridine rings is 1. The SMILES string of the molecule is COc1ncc(NC(=O)N[C@@H](c2ccc(C(F)(F)F)cc2)c2ncccc2C(F)(F)F)cn1.